The molecule has 11 rings (SSSR count). The van der Waals surface area contributed by atoms with Crippen LogP contribution >= 0.6 is 139 Å². The number of amides is 4. The Labute approximate surface area is 701 Å². The van der Waals surface area contributed by atoms with Crippen LogP contribution in [0.5, 0.6) is 0 Å². The van der Waals surface area contributed by atoms with Gasteiger partial charge in [-0.05, 0) is 118 Å². The van der Waals surface area contributed by atoms with Crippen LogP contribution in [0.15, 0.2) is 0 Å². The number of hydrogen-bond acceptors (Lipinski definition) is 31. The van der Waals surface area contributed by atoms with Crippen molar-refractivity contribution in [1.82, 2.24) is 46.2 Å². The summed E-state index contributed by atoms with van der Waals surface area (Å²) < 4.78 is 23.3. The number of aliphatic hydroxyl groups is 3. The van der Waals surface area contributed by atoms with Crippen molar-refractivity contribution < 1.29 is 111 Å². The normalized spacial score (nSPS) is 31.4. The number of carbonyl (C=O) groups excluding carboxylic acids is 10. The molecular formula is C62H100Cl12N14O23. The van der Waals surface area contributed by atoms with Crippen molar-refractivity contribution in [1.29, 1.82) is 0 Å². The summed E-state index contributed by atoms with van der Waals surface area (Å²) in [7, 11) is 1.31. The number of fused-ring (bicyclic) bond motifs is 4. The van der Waals surface area contributed by atoms with Gasteiger partial charge in [0.1, 0.15) is 53.6 Å². The number of ether oxygens (including phenoxy) is 6. The molecule has 0 aliphatic carbocycles. The lowest BCUT2D eigenvalue weighted by molar-refractivity contribution is -0.150. The fourth-order valence-electron chi connectivity index (χ4n) is 13.6. The number of alkyl halides is 12. The Balaban J connectivity index is 0.000000445. The highest BCUT2D eigenvalue weighted by Gasteiger charge is 2.69. The second-order valence-corrected chi connectivity index (χ2v) is 36.2. The van der Waals surface area contributed by atoms with E-state index in [1.807, 2.05) is 4.90 Å². The number of halogens is 12. The van der Waals surface area contributed by atoms with E-state index in [1.165, 1.54) is 32.8 Å². The number of esters is 4. The number of cyclic esters (lactones) is 4. The van der Waals surface area contributed by atoms with Crippen LogP contribution < -0.4 is 55.3 Å². The van der Waals surface area contributed by atoms with Crippen molar-refractivity contribution in [3.05, 3.63) is 0 Å². The van der Waals surface area contributed by atoms with Gasteiger partial charge >= 0.3 is 35.8 Å². The van der Waals surface area contributed by atoms with Crippen LogP contribution in [-0.4, -0.2) is 306 Å². The second-order valence-electron chi connectivity index (χ2n) is 26.7. The molecule has 11 aliphatic heterocycles. The predicted octanol–water partition coefficient (Wildman–Crippen LogP) is 0.219. The lowest BCUT2D eigenvalue weighted by Gasteiger charge is -2.35. The first kappa shape index (κ1) is 104. The summed E-state index contributed by atoms with van der Waals surface area (Å²) in [5, 5.41) is 59.3. The van der Waals surface area contributed by atoms with Crippen LogP contribution in [0.4, 0.5) is 0 Å². The molecule has 0 spiro atoms. The fourth-order valence-corrected chi connectivity index (χ4v) is 15.6. The predicted molar refractivity (Wildman–Crippen MR) is 410 cm³/mol. The third-order valence-corrected chi connectivity index (χ3v) is 21.4. The Hall–Kier alpha value is -3.24. The van der Waals surface area contributed by atoms with Crippen molar-refractivity contribution >= 4 is 211 Å². The summed E-state index contributed by atoms with van der Waals surface area (Å²) >= 11 is 69.5. The standard InChI is InChI=1S/C12H16Cl3N3O4.C12H18Cl3N3O4.C10H19N3O4.C8H8Cl3NO3.C7H8Cl3NO2.C5H9NO2.C4H10N2O2.C2H4O2.2CH4/c1-5-6(7(16)19)17-8(21-5)11-3-2-4-18(11)9(12(13,14)15)22-10(11)20;1-6(19)7(8(16)20)17-5-11-3-2-4-18(11)9(12(13,14)15)22-10(11)21;1-6(14)7(8(11)15)12-5-10(9(16)17)3-2-4-13-10;9-8(10,11)5-12-3-1-2-7(12,4-13)6(14)15-5;8-7(9,10)6-11-3-1-2-4(11)5(12)13-6;7-5(8)4-2-1-3-6-4;1-2(7)3(5)4(6)8;1-4-2-3;;/h5-6,8-9,17H,2-4H2,1H3,(H2,16,19);6-7,9,17,19H,2-5H2,1H3,(H2,16,20);6-7,12-14H,2-5H2,1H3,(H2,11,15)(H,16,17);4-5H,1-3H2;4,6H,1-3H2;4,6H,1-3H2,(H,7,8);2-3,7H,5H2,1H3,(H2,6,8);2H,1H3;2*1H4/t5-,6+,8+,9+,11+;6-,7+,9+,11+;6-,7+,10+;5-,7-;4-,6+;4-;2-,3+;;;/m1110111.../s1. The SMILES string of the molecule is C.C.COC=O.C[C@@H](O)[C@H](N)C(N)=O.C[C@@H](O)[C@H](NC[C@]1(C(=O)O)CCCN1)C(N)=O.C[C@@H](O)[C@H](NC[C@]12CCCN1[C@H](C(Cl)(Cl)Cl)OC2=O)C(N)=O.C[C@H]1O[C@@H]([C@]23CCCN2[C@H](C(Cl)(Cl)Cl)OC3=O)N[C@@H]1C(N)=O.O=C(O)[C@H]1CCCN1.O=C1O[C@@H](C(Cl)(Cl)Cl)N2CCC[C@H]12.O=C[C@]12CCCN1[C@H](C(Cl)(Cl)Cl)OC2=O. The number of carboxylic acids is 2. The van der Waals surface area contributed by atoms with Gasteiger partial charge in [-0.25, -0.2) is 29.1 Å². The summed E-state index contributed by atoms with van der Waals surface area (Å²) in [6.45, 7) is 10.3. The molecule has 0 radical (unpaired) electrons. The van der Waals surface area contributed by atoms with E-state index in [9.17, 15) is 68.1 Å². The van der Waals surface area contributed by atoms with E-state index < -0.39 is 171 Å². The van der Waals surface area contributed by atoms with Crippen LogP contribution in [0, 0.1) is 0 Å². The molecule has 20 N–H and O–H groups in total. The number of methoxy groups -OCH3 is 1. The van der Waals surface area contributed by atoms with Crippen LogP contribution in [0.1, 0.15) is 120 Å². The zero-order valence-electron chi connectivity index (χ0n) is 59.3. The number of aliphatic hydroxyl groups excluding tert-OH is 3. The summed E-state index contributed by atoms with van der Waals surface area (Å²) in [6, 6.07) is -3.99. The monoisotopic (exact) mass is 1830 g/mol. The van der Waals surface area contributed by atoms with Gasteiger partial charge in [0.05, 0.1) is 31.5 Å². The molecule has 640 valence electrons. The number of nitrogens with one attached hydrogen (secondary N) is 5. The number of carboxylic acid groups (broad SMARTS) is 2. The van der Waals surface area contributed by atoms with Gasteiger partial charge in [0.15, 0.2) is 17.4 Å². The zero-order chi connectivity index (χ0) is 83.1. The molecule has 11 fully saturated rings. The third kappa shape index (κ3) is 26.1. The first-order chi connectivity index (χ1) is 50.3. The maximum Gasteiger partial charge on any atom is 0.335 e. The first-order valence-corrected chi connectivity index (χ1v) is 38.3. The highest BCUT2D eigenvalue weighted by molar-refractivity contribution is 6.69. The molecule has 11 heterocycles. The number of aldehydes is 1. The molecule has 11 saturated heterocycles. The van der Waals surface area contributed by atoms with E-state index in [-0.39, 0.29) is 46.0 Å². The topological polar surface area (TPSA) is 565 Å². The molecule has 0 aromatic carbocycles. The number of carbonyl (C=O) groups is 12. The van der Waals surface area contributed by atoms with E-state index in [0.29, 0.717) is 71.0 Å². The van der Waals surface area contributed by atoms with Gasteiger partial charge in [0.25, 0.3) is 6.47 Å². The van der Waals surface area contributed by atoms with E-state index in [2.05, 4.69) is 31.3 Å². The summed E-state index contributed by atoms with van der Waals surface area (Å²) in [5.74, 6) is -6.23. The molecule has 0 unspecified atom stereocenters. The van der Waals surface area contributed by atoms with Crippen LogP contribution in [0.3, 0.4) is 0 Å². The van der Waals surface area contributed by atoms with Crippen LogP contribution in [0.2, 0.25) is 0 Å². The van der Waals surface area contributed by atoms with Crippen molar-refractivity contribution in [2.75, 3.05) is 59.5 Å². The van der Waals surface area contributed by atoms with E-state index in [4.69, 9.17) is 207 Å². The van der Waals surface area contributed by atoms with E-state index in [1.54, 1.807) is 16.7 Å². The Morgan fingerprint density at radius 2 is 1.10 bits per heavy atom. The smallest absolute Gasteiger partial charge is 0.335 e. The van der Waals surface area contributed by atoms with Crippen molar-refractivity contribution in [3.63, 3.8) is 0 Å². The van der Waals surface area contributed by atoms with Crippen molar-refractivity contribution in [3.8, 4) is 0 Å². The van der Waals surface area contributed by atoms with Crippen LogP contribution in [0.25, 0.3) is 0 Å². The van der Waals surface area contributed by atoms with E-state index in [0.717, 1.165) is 58.0 Å². The number of nitrogens with two attached hydrogens (primary N) is 5. The van der Waals surface area contributed by atoms with Crippen molar-refractivity contribution in [2.45, 2.75) is 249 Å². The maximum absolute atomic E-state index is 12.5. The Morgan fingerprint density at radius 1 is 0.613 bits per heavy atom. The molecule has 11 aliphatic rings. The van der Waals surface area contributed by atoms with Crippen LogP contribution in [-0.2, 0) is 86.0 Å². The number of aliphatic carboxylic acids is 2. The molecule has 4 amide bonds. The largest absolute Gasteiger partial charge is 0.480 e. The highest BCUT2D eigenvalue weighted by Crippen LogP contribution is 2.51. The summed E-state index contributed by atoms with van der Waals surface area (Å²) in [4.78, 5) is 140. The van der Waals surface area contributed by atoms with E-state index >= 15 is 0 Å². The summed E-state index contributed by atoms with van der Waals surface area (Å²) in [5.41, 5.74) is 21.0. The Kier molecular flexibility index (Phi) is 41.1. The van der Waals surface area contributed by atoms with Gasteiger partial charge in [0.2, 0.25) is 63.7 Å². The van der Waals surface area contributed by atoms with Gasteiger partial charge in [-0.1, -0.05) is 154 Å². The molecule has 0 bridgehead atoms. The summed E-state index contributed by atoms with van der Waals surface area (Å²) in [6.07, 6.45) is 1.30. The second kappa shape index (κ2) is 44.0. The average molecular weight is 1830 g/mol. The molecule has 37 nitrogen and oxygen atoms in total. The highest BCUT2D eigenvalue weighted by atomic mass is 35.6. The molecule has 0 aromatic rings. The van der Waals surface area contributed by atoms with Gasteiger partial charge in [-0.15, -0.1) is 0 Å². The minimum atomic E-state index is -1.77. The lowest BCUT2D eigenvalue weighted by Crippen LogP contribution is -2.61. The van der Waals surface area contributed by atoms with Gasteiger partial charge in [0, 0.05) is 39.3 Å². The number of primary amides is 4. The average Bonchev–Trinajstić information content (AvgIpc) is 1.58. The van der Waals surface area contributed by atoms with Gasteiger partial charge in [-0.2, -0.15) is 0 Å². The molecule has 0 saturated carbocycles. The number of nitrogens with zero attached hydrogens (tertiary/aromatic N) is 4. The van der Waals surface area contributed by atoms with Gasteiger partial charge in [-0.3, -0.25) is 48.6 Å². The molecular weight excluding hydrogens is 1730 g/mol. The van der Waals surface area contributed by atoms with Gasteiger partial charge < -0.3 is 109 Å². The minimum absolute atomic E-state index is 0. The quantitative estimate of drug-likeness (QED) is 0.0287. The maximum atomic E-state index is 12.5. The zero-order valence-corrected chi connectivity index (χ0v) is 68.3. The number of rotatable bonds is 18. The third-order valence-electron chi connectivity index (χ3n) is 19.1. The Bertz CT molecular complexity index is 3150. The first-order valence-electron chi connectivity index (χ1n) is 33.7. The minimum Gasteiger partial charge on any atom is -0.480 e. The molecule has 49 heteroatoms. The Morgan fingerprint density at radius 3 is 1.51 bits per heavy atom. The lowest BCUT2D eigenvalue weighted by atomic mass is 9.94. The van der Waals surface area contributed by atoms with Crippen molar-refractivity contribution in [2.24, 2.45) is 28.7 Å². The fraction of sp³-hybridized carbons (Fsp3) is 0.806. The molecule has 0 aromatic heterocycles. The molecule has 19 atom stereocenters. The molecule has 111 heavy (non-hydrogen) atoms. The number of hydrogen-bond donors (Lipinski definition) is 15.